The lowest BCUT2D eigenvalue weighted by Gasteiger charge is -2.49. The molecule has 2 N–H and O–H groups in total. The van der Waals surface area contributed by atoms with Gasteiger partial charge in [0.15, 0.2) is 0 Å². The SMILES string of the molecule is CC1=C(C(=O)O)N2C(=O)[C@@H](NC(=O)Cc3ccc(-c4ccc(Cl)cc4)o3)[C@H]2SC1. The zero-order valence-corrected chi connectivity index (χ0v) is 16.9. The molecule has 1 aromatic carbocycles. The van der Waals surface area contributed by atoms with Crippen LogP contribution in [-0.4, -0.2) is 45.0 Å². The molecule has 0 bridgehead atoms. The van der Waals surface area contributed by atoms with Crippen LogP contribution in [0.4, 0.5) is 0 Å². The first-order chi connectivity index (χ1) is 13.8. The van der Waals surface area contributed by atoms with E-state index in [2.05, 4.69) is 5.32 Å². The lowest BCUT2D eigenvalue weighted by molar-refractivity contribution is -0.150. The summed E-state index contributed by atoms with van der Waals surface area (Å²) in [7, 11) is 0. The van der Waals surface area contributed by atoms with E-state index < -0.39 is 23.3 Å². The predicted octanol–water partition coefficient (Wildman–Crippen LogP) is 2.90. The van der Waals surface area contributed by atoms with Crippen LogP contribution in [0.3, 0.4) is 0 Å². The number of furan rings is 1. The standard InChI is InChI=1S/C20H17ClN2O5S/c1-10-9-29-19-16(18(25)23(19)17(10)20(26)27)22-15(24)8-13-6-7-14(28-13)11-2-4-12(21)5-3-11/h2-7,16,19H,8-9H2,1H3,(H,22,24)(H,26,27)/t16-,19-/m1/s1. The Morgan fingerprint density at radius 2 is 2.00 bits per heavy atom. The minimum absolute atomic E-state index is 0.0166. The quantitative estimate of drug-likeness (QED) is 0.705. The average molecular weight is 433 g/mol. The Bertz CT molecular complexity index is 1030. The van der Waals surface area contributed by atoms with Crippen molar-refractivity contribution in [3.05, 3.63) is 58.5 Å². The predicted molar refractivity (Wildman–Crippen MR) is 108 cm³/mol. The van der Waals surface area contributed by atoms with Gasteiger partial charge in [0.05, 0.1) is 6.42 Å². The highest BCUT2D eigenvalue weighted by Crippen LogP contribution is 2.40. The van der Waals surface area contributed by atoms with E-state index in [0.29, 0.717) is 27.9 Å². The number of amides is 2. The Morgan fingerprint density at radius 1 is 1.28 bits per heavy atom. The molecule has 1 saturated heterocycles. The number of benzene rings is 1. The summed E-state index contributed by atoms with van der Waals surface area (Å²) in [5, 5.41) is 12.3. The van der Waals surface area contributed by atoms with Crippen molar-refractivity contribution in [3.8, 4) is 11.3 Å². The van der Waals surface area contributed by atoms with Crippen LogP contribution in [0, 0.1) is 0 Å². The van der Waals surface area contributed by atoms with Crippen molar-refractivity contribution in [2.24, 2.45) is 0 Å². The Balaban J connectivity index is 1.40. The summed E-state index contributed by atoms with van der Waals surface area (Å²) in [6.07, 6.45) is -0.0184. The van der Waals surface area contributed by atoms with E-state index in [1.807, 2.05) is 12.1 Å². The molecule has 2 atom stereocenters. The first-order valence-electron chi connectivity index (χ1n) is 8.87. The van der Waals surface area contributed by atoms with E-state index in [0.717, 1.165) is 5.56 Å². The number of carboxylic acid groups (broad SMARTS) is 1. The van der Waals surface area contributed by atoms with Gasteiger partial charge in [-0.1, -0.05) is 11.6 Å². The molecular weight excluding hydrogens is 416 g/mol. The highest BCUT2D eigenvalue weighted by Gasteiger charge is 2.53. The van der Waals surface area contributed by atoms with E-state index in [-0.39, 0.29) is 18.0 Å². The summed E-state index contributed by atoms with van der Waals surface area (Å²) in [4.78, 5) is 37.5. The number of rotatable bonds is 5. The minimum Gasteiger partial charge on any atom is -0.477 e. The van der Waals surface area contributed by atoms with Crippen LogP contribution >= 0.6 is 23.4 Å². The number of hydrogen-bond acceptors (Lipinski definition) is 5. The minimum atomic E-state index is -1.13. The topological polar surface area (TPSA) is 99.9 Å². The lowest BCUT2D eigenvalue weighted by atomic mass is 10.0. The van der Waals surface area contributed by atoms with Gasteiger partial charge in [-0.25, -0.2) is 4.79 Å². The second kappa shape index (κ2) is 7.61. The van der Waals surface area contributed by atoms with Crippen LogP contribution in [0.1, 0.15) is 12.7 Å². The molecule has 0 radical (unpaired) electrons. The molecule has 0 saturated carbocycles. The number of carbonyl (C=O) groups excluding carboxylic acids is 2. The molecule has 29 heavy (non-hydrogen) atoms. The highest BCUT2D eigenvalue weighted by atomic mass is 35.5. The van der Waals surface area contributed by atoms with Crippen LogP contribution in [0.5, 0.6) is 0 Å². The van der Waals surface area contributed by atoms with Gasteiger partial charge in [-0.15, -0.1) is 11.8 Å². The number of hydrogen-bond donors (Lipinski definition) is 2. The number of carbonyl (C=O) groups is 3. The first-order valence-corrected chi connectivity index (χ1v) is 10.3. The van der Waals surface area contributed by atoms with E-state index in [9.17, 15) is 19.5 Å². The molecule has 2 aromatic rings. The van der Waals surface area contributed by atoms with Gasteiger partial charge in [0.2, 0.25) is 5.91 Å². The first kappa shape index (κ1) is 19.6. The van der Waals surface area contributed by atoms with Crippen molar-refractivity contribution in [3.63, 3.8) is 0 Å². The van der Waals surface area contributed by atoms with Crippen LogP contribution in [0.25, 0.3) is 11.3 Å². The number of nitrogens with one attached hydrogen (secondary N) is 1. The third-order valence-electron chi connectivity index (χ3n) is 4.80. The summed E-state index contributed by atoms with van der Waals surface area (Å²) in [5.74, 6) is -0.307. The van der Waals surface area contributed by atoms with Crippen LogP contribution in [-0.2, 0) is 20.8 Å². The fourth-order valence-electron chi connectivity index (χ4n) is 3.40. The van der Waals surface area contributed by atoms with E-state index in [1.165, 1.54) is 16.7 Å². The van der Waals surface area contributed by atoms with Gasteiger partial charge >= 0.3 is 5.97 Å². The van der Waals surface area contributed by atoms with Gasteiger partial charge in [-0.3, -0.25) is 14.5 Å². The van der Waals surface area contributed by atoms with E-state index in [4.69, 9.17) is 16.0 Å². The number of β-lactam (4-membered cyclic amide) rings is 1. The molecule has 0 aliphatic carbocycles. The summed E-state index contributed by atoms with van der Waals surface area (Å²) >= 11 is 7.32. The molecule has 1 aromatic heterocycles. The van der Waals surface area contributed by atoms with Crippen molar-refractivity contribution in [2.75, 3.05) is 5.75 Å². The highest BCUT2D eigenvalue weighted by molar-refractivity contribution is 8.00. The van der Waals surface area contributed by atoms with Gasteiger partial charge in [-0.2, -0.15) is 0 Å². The maximum Gasteiger partial charge on any atom is 0.352 e. The fourth-order valence-corrected chi connectivity index (χ4v) is 4.82. The van der Waals surface area contributed by atoms with Crippen molar-refractivity contribution in [1.29, 1.82) is 0 Å². The van der Waals surface area contributed by atoms with Crippen molar-refractivity contribution in [1.82, 2.24) is 10.2 Å². The number of thioether (sulfide) groups is 1. The number of fused-ring (bicyclic) bond motifs is 1. The third kappa shape index (κ3) is 3.65. The second-order valence-corrected chi connectivity index (χ2v) is 8.38. The van der Waals surface area contributed by atoms with Gasteiger partial charge in [0, 0.05) is 16.3 Å². The maximum atomic E-state index is 12.4. The zero-order chi connectivity index (χ0) is 20.7. The zero-order valence-electron chi connectivity index (χ0n) is 15.3. The molecule has 1 fully saturated rings. The molecule has 2 aliphatic heterocycles. The average Bonchev–Trinajstić information content (AvgIpc) is 3.14. The molecule has 150 valence electrons. The van der Waals surface area contributed by atoms with Crippen molar-refractivity contribution < 1.29 is 23.9 Å². The Labute approximate surface area is 175 Å². The molecule has 0 unspecified atom stereocenters. The fraction of sp³-hybridized carbons (Fsp3) is 0.250. The van der Waals surface area contributed by atoms with Gasteiger partial charge < -0.3 is 14.8 Å². The molecule has 7 nitrogen and oxygen atoms in total. The number of halogens is 1. The maximum absolute atomic E-state index is 12.4. The number of carboxylic acids is 1. The van der Waals surface area contributed by atoms with Crippen molar-refractivity contribution in [2.45, 2.75) is 24.8 Å². The smallest absolute Gasteiger partial charge is 0.352 e. The summed E-state index contributed by atoms with van der Waals surface area (Å²) in [5.41, 5.74) is 1.50. The van der Waals surface area contributed by atoms with Crippen LogP contribution in [0.15, 0.2) is 52.1 Å². The van der Waals surface area contributed by atoms with Gasteiger partial charge in [-0.05, 0) is 48.9 Å². The van der Waals surface area contributed by atoms with Crippen molar-refractivity contribution >= 4 is 41.1 Å². The Kier molecular flexibility index (Phi) is 5.14. The number of aliphatic carboxylic acids is 1. The Morgan fingerprint density at radius 3 is 2.69 bits per heavy atom. The van der Waals surface area contributed by atoms with Gasteiger partial charge in [0.1, 0.15) is 28.6 Å². The van der Waals surface area contributed by atoms with E-state index in [1.54, 1.807) is 31.2 Å². The monoisotopic (exact) mass is 432 g/mol. The normalized spacial score (nSPS) is 20.9. The number of nitrogens with zero attached hydrogens (tertiary/aromatic N) is 1. The molecular formula is C20H17ClN2O5S. The van der Waals surface area contributed by atoms with Crippen LogP contribution < -0.4 is 5.32 Å². The second-order valence-electron chi connectivity index (χ2n) is 6.84. The summed E-state index contributed by atoms with van der Waals surface area (Å²) in [6.45, 7) is 1.70. The van der Waals surface area contributed by atoms with Crippen LogP contribution in [0.2, 0.25) is 5.02 Å². The molecule has 2 aliphatic rings. The van der Waals surface area contributed by atoms with E-state index >= 15 is 0 Å². The molecule has 3 heterocycles. The Hall–Kier alpha value is -2.71. The third-order valence-corrected chi connectivity index (χ3v) is 6.48. The lowest BCUT2D eigenvalue weighted by Crippen LogP contribution is -2.70. The molecule has 0 spiro atoms. The summed E-state index contributed by atoms with van der Waals surface area (Å²) < 4.78 is 5.72. The molecule has 4 rings (SSSR count). The summed E-state index contributed by atoms with van der Waals surface area (Å²) in [6, 6.07) is 9.89. The molecule has 2 amide bonds. The van der Waals surface area contributed by atoms with Gasteiger partial charge in [0.25, 0.3) is 5.91 Å². The largest absolute Gasteiger partial charge is 0.477 e. The molecule has 9 heteroatoms.